The van der Waals surface area contributed by atoms with Crippen molar-refractivity contribution in [1.82, 2.24) is 15.2 Å². The highest BCUT2D eigenvalue weighted by molar-refractivity contribution is 5.93. The molecule has 2 aromatic heterocycles. The van der Waals surface area contributed by atoms with Gasteiger partial charge in [-0.25, -0.2) is 0 Å². The molecular formula is C17H18N4. The van der Waals surface area contributed by atoms with Crippen molar-refractivity contribution in [1.29, 1.82) is 0 Å². The first-order chi connectivity index (χ1) is 10.4. The minimum Gasteiger partial charge on any atom is -0.368 e. The molecule has 3 aromatic rings. The van der Waals surface area contributed by atoms with Gasteiger partial charge >= 0.3 is 0 Å². The van der Waals surface area contributed by atoms with Gasteiger partial charge in [0.1, 0.15) is 0 Å². The molecule has 2 heterocycles. The van der Waals surface area contributed by atoms with Crippen LogP contribution in [0, 0.1) is 0 Å². The van der Waals surface area contributed by atoms with Crippen molar-refractivity contribution < 1.29 is 0 Å². The number of hydrogen-bond donors (Lipinski definition) is 1. The van der Waals surface area contributed by atoms with Gasteiger partial charge < -0.3 is 5.32 Å². The maximum absolute atomic E-state index is 4.41. The summed E-state index contributed by atoms with van der Waals surface area (Å²) in [4.78, 5) is 4.16. The van der Waals surface area contributed by atoms with Gasteiger partial charge in [0.2, 0.25) is 0 Å². The van der Waals surface area contributed by atoms with E-state index in [1.807, 2.05) is 24.4 Å². The predicted octanol–water partition coefficient (Wildman–Crippen LogP) is 3.44. The third-order valence-electron chi connectivity index (χ3n) is 3.40. The quantitative estimate of drug-likeness (QED) is 0.776. The summed E-state index contributed by atoms with van der Waals surface area (Å²) in [7, 11) is 0. The van der Waals surface area contributed by atoms with Crippen LogP contribution in [0.3, 0.4) is 0 Å². The molecule has 0 aliphatic carbocycles. The van der Waals surface area contributed by atoms with E-state index >= 15 is 0 Å². The van der Waals surface area contributed by atoms with Gasteiger partial charge in [0, 0.05) is 36.1 Å². The molecule has 0 amide bonds. The molecule has 106 valence electrons. The number of anilines is 1. The summed E-state index contributed by atoms with van der Waals surface area (Å²) in [5, 5.41) is 14.4. The first-order valence-electron chi connectivity index (χ1n) is 7.25. The lowest BCUT2D eigenvalue weighted by Gasteiger charge is -2.10. The molecule has 0 atom stereocenters. The van der Waals surface area contributed by atoms with Gasteiger partial charge in [0.25, 0.3) is 0 Å². The topological polar surface area (TPSA) is 50.7 Å². The average molecular weight is 278 g/mol. The summed E-state index contributed by atoms with van der Waals surface area (Å²) >= 11 is 0. The normalized spacial score (nSPS) is 10.7. The molecule has 0 radical (unpaired) electrons. The molecule has 21 heavy (non-hydrogen) atoms. The minimum absolute atomic E-state index is 0.745. The van der Waals surface area contributed by atoms with Crippen molar-refractivity contribution in [2.24, 2.45) is 0 Å². The second-order valence-electron chi connectivity index (χ2n) is 5.01. The average Bonchev–Trinajstić information content (AvgIpc) is 2.55. The fourth-order valence-corrected chi connectivity index (χ4v) is 2.36. The van der Waals surface area contributed by atoms with Crippen LogP contribution in [0.1, 0.15) is 24.6 Å². The number of rotatable bonds is 5. The molecule has 0 saturated heterocycles. The fraction of sp³-hybridized carbons (Fsp3) is 0.235. The Bertz CT molecular complexity index is 725. The molecule has 0 fully saturated rings. The van der Waals surface area contributed by atoms with Crippen LogP contribution < -0.4 is 5.32 Å². The van der Waals surface area contributed by atoms with Crippen molar-refractivity contribution in [3.05, 3.63) is 60.0 Å². The maximum Gasteiger partial charge on any atom is 0.156 e. The molecule has 1 N–H and O–H groups in total. The standard InChI is InChI=1S/C17H18N4/c1-2-9-19-17-15-8-4-3-7-14(15)16(20-21-17)11-13-6-5-10-18-12-13/h3-8,10,12H,2,9,11H2,1H3,(H,19,21). The molecule has 0 bridgehead atoms. The molecule has 4 nitrogen and oxygen atoms in total. The van der Waals surface area contributed by atoms with Crippen molar-refractivity contribution in [3.63, 3.8) is 0 Å². The monoisotopic (exact) mass is 278 g/mol. The summed E-state index contributed by atoms with van der Waals surface area (Å²) in [5.74, 6) is 0.863. The molecule has 0 saturated carbocycles. The van der Waals surface area contributed by atoms with Crippen molar-refractivity contribution in [2.45, 2.75) is 19.8 Å². The third kappa shape index (κ3) is 2.99. The van der Waals surface area contributed by atoms with E-state index < -0.39 is 0 Å². The minimum atomic E-state index is 0.745. The van der Waals surface area contributed by atoms with Gasteiger partial charge in [-0.1, -0.05) is 37.3 Å². The Kier molecular flexibility index (Phi) is 4.05. The molecule has 0 unspecified atom stereocenters. The Morgan fingerprint density at radius 3 is 2.62 bits per heavy atom. The van der Waals surface area contributed by atoms with E-state index in [0.29, 0.717) is 0 Å². The van der Waals surface area contributed by atoms with Crippen LogP contribution in [0.4, 0.5) is 5.82 Å². The number of pyridine rings is 1. The Labute approximate surface area is 124 Å². The van der Waals surface area contributed by atoms with E-state index in [-0.39, 0.29) is 0 Å². The third-order valence-corrected chi connectivity index (χ3v) is 3.40. The SMILES string of the molecule is CCCNc1nnc(Cc2cccnc2)c2ccccc12. The fourth-order valence-electron chi connectivity index (χ4n) is 2.36. The van der Waals surface area contributed by atoms with E-state index in [4.69, 9.17) is 0 Å². The first-order valence-corrected chi connectivity index (χ1v) is 7.25. The Balaban J connectivity index is 2.00. The van der Waals surface area contributed by atoms with Crippen molar-refractivity contribution in [3.8, 4) is 0 Å². The number of nitrogens with zero attached hydrogens (tertiary/aromatic N) is 3. The zero-order valence-corrected chi connectivity index (χ0v) is 12.1. The lowest BCUT2D eigenvalue weighted by atomic mass is 10.1. The lowest BCUT2D eigenvalue weighted by molar-refractivity contribution is 0.923. The van der Waals surface area contributed by atoms with Gasteiger partial charge in [-0.3, -0.25) is 4.98 Å². The first kappa shape index (κ1) is 13.5. The highest BCUT2D eigenvalue weighted by atomic mass is 15.2. The maximum atomic E-state index is 4.41. The lowest BCUT2D eigenvalue weighted by Crippen LogP contribution is -2.06. The summed E-state index contributed by atoms with van der Waals surface area (Å²) in [6.07, 6.45) is 5.47. The van der Waals surface area contributed by atoms with Crippen molar-refractivity contribution in [2.75, 3.05) is 11.9 Å². The largest absolute Gasteiger partial charge is 0.368 e. The van der Waals surface area contributed by atoms with Gasteiger partial charge in [-0.2, -0.15) is 5.10 Å². The molecule has 4 heteroatoms. The predicted molar refractivity (Wildman–Crippen MR) is 85.4 cm³/mol. The summed E-state index contributed by atoms with van der Waals surface area (Å²) in [6, 6.07) is 12.3. The van der Waals surface area contributed by atoms with Crippen molar-refractivity contribution >= 4 is 16.6 Å². The second kappa shape index (κ2) is 6.31. The summed E-state index contributed by atoms with van der Waals surface area (Å²) in [6.45, 7) is 3.04. The van der Waals surface area contributed by atoms with E-state index in [2.05, 4.69) is 45.6 Å². The van der Waals surface area contributed by atoms with Crippen LogP contribution in [-0.2, 0) is 6.42 Å². The van der Waals surface area contributed by atoms with E-state index in [1.165, 1.54) is 0 Å². The summed E-state index contributed by atoms with van der Waals surface area (Å²) < 4.78 is 0. The summed E-state index contributed by atoms with van der Waals surface area (Å²) in [5.41, 5.74) is 2.13. The van der Waals surface area contributed by atoms with Crippen LogP contribution in [0.2, 0.25) is 0 Å². The van der Waals surface area contributed by atoms with Gasteiger partial charge in [-0.05, 0) is 18.1 Å². The molecule has 1 aromatic carbocycles. The highest BCUT2D eigenvalue weighted by Gasteiger charge is 2.09. The number of fused-ring (bicyclic) bond motifs is 1. The molecule has 0 spiro atoms. The van der Waals surface area contributed by atoms with E-state index in [0.717, 1.165) is 47.2 Å². The van der Waals surface area contributed by atoms with Gasteiger partial charge in [0.05, 0.1) is 5.69 Å². The molecule has 3 rings (SSSR count). The van der Waals surface area contributed by atoms with Crippen LogP contribution >= 0.6 is 0 Å². The Morgan fingerprint density at radius 2 is 1.86 bits per heavy atom. The smallest absolute Gasteiger partial charge is 0.156 e. The van der Waals surface area contributed by atoms with E-state index in [9.17, 15) is 0 Å². The van der Waals surface area contributed by atoms with Gasteiger partial charge in [0.15, 0.2) is 5.82 Å². The van der Waals surface area contributed by atoms with Crippen LogP contribution in [-0.4, -0.2) is 21.7 Å². The second-order valence-corrected chi connectivity index (χ2v) is 5.01. The van der Waals surface area contributed by atoms with Crippen LogP contribution in [0.15, 0.2) is 48.8 Å². The van der Waals surface area contributed by atoms with Crippen LogP contribution in [0.5, 0.6) is 0 Å². The number of aromatic nitrogens is 3. The van der Waals surface area contributed by atoms with Crippen LogP contribution in [0.25, 0.3) is 10.8 Å². The zero-order valence-electron chi connectivity index (χ0n) is 12.1. The molecule has 0 aliphatic heterocycles. The number of nitrogens with one attached hydrogen (secondary N) is 1. The number of benzene rings is 1. The number of hydrogen-bond acceptors (Lipinski definition) is 4. The Hall–Kier alpha value is -2.49. The zero-order chi connectivity index (χ0) is 14.5. The molecule has 0 aliphatic rings. The van der Waals surface area contributed by atoms with E-state index in [1.54, 1.807) is 6.20 Å². The Morgan fingerprint density at radius 1 is 1.00 bits per heavy atom. The highest BCUT2D eigenvalue weighted by Crippen LogP contribution is 2.24. The van der Waals surface area contributed by atoms with Gasteiger partial charge in [-0.15, -0.1) is 5.10 Å². The molecular weight excluding hydrogens is 260 g/mol.